The number of hydrazone groups is 1. The maximum absolute atomic E-state index is 11.9. The molecule has 0 saturated heterocycles. The molecule has 0 bridgehead atoms. The number of carbonyl (C=O) groups excluding carboxylic acids is 1. The molecule has 108 valence electrons. The normalized spacial score (nSPS) is 11.2. The number of rotatable bonds is 4. The third kappa shape index (κ3) is 3.87. The lowest BCUT2D eigenvalue weighted by Gasteiger charge is -2.01. The minimum Gasteiger partial charge on any atom is -0.267 e. The van der Waals surface area contributed by atoms with Gasteiger partial charge in [-0.2, -0.15) is 5.10 Å². The smallest absolute Gasteiger partial charge is 0.267 e. The highest BCUT2D eigenvalue weighted by Gasteiger charge is 2.11. The van der Waals surface area contributed by atoms with E-state index in [9.17, 15) is 14.9 Å². The molecule has 0 radical (unpaired) electrons. The molecule has 6 nitrogen and oxygen atoms in total. The summed E-state index contributed by atoms with van der Waals surface area (Å²) in [4.78, 5) is 22.8. The Hall–Kier alpha value is -2.25. The van der Waals surface area contributed by atoms with Crippen LogP contribution >= 0.6 is 22.9 Å². The van der Waals surface area contributed by atoms with Gasteiger partial charge in [-0.15, -0.1) is 11.3 Å². The van der Waals surface area contributed by atoms with Crippen LogP contribution < -0.4 is 5.43 Å². The fourth-order valence-electron chi connectivity index (χ4n) is 1.52. The molecule has 0 fully saturated rings. The van der Waals surface area contributed by atoms with Gasteiger partial charge in [0.05, 0.1) is 19.8 Å². The lowest BCUT2D eigenvalue weighted by atomic mass is 10.2. The molecule has 0 unspecified atom stereocenters. The van der Waals surface area contributed by atoms with Gasteiger partial charge < -0.3 is 0 Å². The van der Waals surface area contributed by atoms with Gasteiger partial charge in [0.25, 0.3) is 11.6 Å². The van der Waals surface area contributed by atoms with Crippen molar-refractivity contribution in [1.29, 1.82) is 0 Å². The third-order valence-electron chi connectivity index (χ3n) is 2.57. The first kappa shape index (κ1) is 15.1. The fourth-order valence-corrected chi connectivity index (χ4v) is 2.51. The van der Waals surface area contributed by atoms with Gasteiger partial charge in [-0.3, -0.25) is 14.9 Å². The minimum absolute atomic E-state index is 0.145. The Balaban J connectivity index is 2.11. The quantitative estimate of drug-likeness (QED) is 0.531. The number of nitrogens with one attached hydrogen (secondary N) is 1. The topological polar surface area (TPSA) is 84.6 Å². The van der Waals surface area contributed by atoms with Crippen LogP contribution in [0.2, 0.25) is 4.34 Å². The average Bonchev–Trinajstić information content (AvgIpc) is 2.91. The second-order valence-electron chi connectivity index (χ2n) is 4.05. The molecule has 0 aliphatic carbocycles. The van der Waals surface area contributed by atoms with Crippen LogP contribution in [0, 0.1) is 10.1 Å². The van der Waals surface area contributed by atoms with Gasteiger partial charge in [0.2, 0.25) is 0 Å². The summed E-state index contributed by atoms with van der Waals surface area (Å²) in [6.07, 6.45) is 0. The van der Waals surface area contributed by atoms with Gasteiger partial charge in [-0.25, -0.2) is 5.43 Å². The summed E-state index contributed by atoms with van der Waals surface area (Å²) in [6, 6.07) is 8.98. The predicted molar refractivity (Wildman–Crippen MR) is 82.1 cm³/mol. The number of nitrogens with zero attached hydrogens (tertiary/aromatic N) is 2. The first-order valence-corrected chi connectivity index (χ1v) is 7.01. The summed E-state index contributed by atoms with van der Waals surface area (Å²) < 4.78 is 0.629. The SMILES string of the molecule is C/C(=N\NC(=O)c1cccc([N+](=O)[O-])c1)c1ccc(Cl)s1. The summed E-state index contributed by atoms with van der Waals surface area (Å²) in [7, 11) is 0. The Bertz CT molecular complexity index is 727. The maximum Gasteiger partial charge on any atom is 0.271 e. The van der Waals surface area contributed by atoms with Gasteiger partial charge in [-0.05, 0) is 25.1 Å². The molecular formula is C13H10ClN3O3S. The standard InChI is InChI=1S/C13H10ClN3O3S/c1-8(11-5-6-12(14)21-11)15-16-13(18)9-3-2-4-10(7-9)17(19)20/h2-7H,1H3,(H,16,18)/b15-8+. The average molecular weight is 324 g/mol. The summed E-state index contributed by atoms with van der Waals surface area (Å²) in [6.45, 7) is 1.73. The molecule has 8 heteroatoms. The highest BCUT2D eigenvalue weighted by molar-refractivity contribution is 7.18. The number of thiophene rings is 1. The van der Waals surface area contributed by atoms with Crippen molar-refractivity contribution < 1.29 is 9.72 Å². The van der Waals surface area contributed by atoms with E-state index in [1.54, 1.807) is 19.1 Å². The Morgan fingerprint density at radius 1 is 1.38 bits per heavy atom. The lowest BCUT2D eigenvalue weighted by molar-refractivity contribution is -0.384. The van der Waals surface area contributed by atoms with Gasteiger partial charge in [0.1, 0.15) is 0 Å². The Morgan fingerprint density at radius 3 is 2.76 bits per heavy atom. The highest BCUT2D eigenvalue weighted by atomic mass is 35.5. The number of nitro groups is 1. The number of non-ortho nitro benzene ring substituents is 1. The fraction of sp³-hybridized carbons (Fsp3) is 0.0769. The van der Waals surface area contributed by atoms with Crippen LogP contribution in [0.15, 0.2) is 41.5 Å². The highest BCUT2D eigenvalue weighted by Crippen LogP contribution is 2.21. The van der Waals surface area contributed by atoms with Crippen molar-refractivity contribution in [2.45, 2.75) is 6.92 Å². The summed E-state index contributed by atoms with van der Waals surface area (Å²) in [5, 5.41) is 14.6. The number of halogens is 1. The van der Waals surface area contributed by atoms with Crippen molar-refractivity contribution in [1.82, 2.24) is 5.43 Å². The van der Waals surface area contributed by atoms with E-state index in [1.165, 1.54) is 35.6 Å². The number of hydrogen-bond acceptors (Lipinski definition) is 5. The van der Waals surface area contributed by atoms with Crippen LogP contribution in [0.4, 0.5) is 5.69 Å². The zero-order valence-corrected chi connectivity index (χ0v) is 12.4. The maximum atomic E-state index is 11.9. The number of benzene rings is 1. The van der Waals surface area contributed by atoms with Gasteiger partial charge in [-0.1, -0.05) is 17.7 Å². The van der Waals surface area contributed by atoms with E-state index in [0.29, 0.717) is 10.0 Å². The zero-order valence-electron chi connectivity index (χ0n) is 10.9. The van der Waals surface area contributed by atoms with Gasteiger partial charge >= 0.3 is 0 Å². The van der Waals surface area contributed by atoms with E-state index in [4.69, 9.17) is 11.6 Å². The molecule has 1 amide bonds. The van der Waals surface area contributed by atoms with Crippen molar-refractivity contribution in [3.05, 3.63) is 61.3 Å². The zero-order chi connectivity index (χ0) is 15.4. The van der Waals surface area contributed by atoms with E-state index in [1.807, 2.05) is 0 Å². The van der Waals surface area contributed by atoms with Crippen LogP contribution in [0.3, 0.4) is 0 Å². The summed E-state index contributed by atoms with van der Waals surface area (Å²) >= 11 is 7.17. The van der Waals surface area contributed by atoms with Crippen LogP contribution in [0.5, 0.6) is 0 Å². The molecule has 0 spiro atoms. The molecule has 0 saturated carbocycles. The summed E-state index contributed by atoms with van der Waals surface area (Å²) in [5.41, 5.74) is 2.99. The van der Waals surface area contributed by atoms with Gasteiger partial charge in [0.15, 0.2) is 0 Å². The van der Waals surface area contributed by atoms with Gasteiger partial charge in [0, 0.05) is 17.7 Å². The molecule has 1 N–H and O–H groups in total. The second-order valence-corrected chi connectivity index (χ2v) is 5.76. The monoisotopic (exact) mass is 323 g/mol. The molecule has 21 heavy (non-hydrogen) atoms. The number of amides is 1. The van der Waals surface area contributed by atoms with Crippen LogP contribution in [0.25, 0.3) is 0 Å². The number of hydrogen-bond donors (Lipinski definition) is 1. The molecule has 2 rings (SSSR count). The van der Waals surface area contributed by atoms with Crippen molar-refractivity contribution in [3.8, 4) is 0 Å². The summed E-state index contributed by atoms with van der Waals surface area (Å²) in [5.74, 6) is -0.513. The Morgan fingerprint density at radius 2 is 2.14 bits per heavy atom. The largest absolute Gasteiger partial charge is 0.271 e. The molecule has 1 aromatic heterocycles. The molecule has 1 aromatic carbocycles. The van der Waals surface area contributed by atoms with E-state index in [0.717, 1.165) is 4.88 Å². The van der Waals surface area contributed by atoms with E-state index in [-0.39, 0.29) is 11.3 Å². The van der Waals surface area contributed by atoms with Crippen molar-refractivity contribution in [2.24, 2.45) is 5.10 Å². The molecule has 1 heterocycles. The molecule has 0 atom stereocenters. The molecule has 2 aromatic rings. The molecular weight excluding hydrogens is 314 g/mol. The second kappa shape index (κ2) is 6.47. The Kier molecular flexibility index (Phi) is 4.66. The predicted octanol–water partition coefficient (Wildman–Crippen LogP) is 3.46. The van der Waals surface area contributed by atoms with E-state index in [2.05, 4.69) is 10.5 Å². The van der Waals surface area contributed by atoms with Crippen molar-refractivity contribution in [3.63, 3.8) is 0 Å². The number of carbonyl (C=O) groups is 1. The Labute approximate surface area is 129 Å². The van der Waals surface area contributed by atoms with Crippen LogP contribution in [-0.2, 0) is 0 Å². The molecule has 0 aliphatic heterocycles. The lowest BCUT2D eigenvalue weighted by Crippen LogP contribution is -2.19. The first-order valence-electron chi connectivity index (χ1n) is 5.82. The third-order valence-corrected chi connectivity index (χ3v) is 3.91. The van der Waals surface area contributed by atoms with Crippen LogP contribution in [0.1, 0.15) is 22.2 Å². The van der Waals surface area contributed by atoms with Crippen molar-refractivity contribution in [2.75, 3.05) is 0 Å². The van der Waals surface area contributed by atoms with Crippen LogP contribution in [-0.4, -0.2) is 16.5 Å². The van der Waals surface area contributed by atoms with E-state index < -0.39 is 10.8 Å². The molecule has 0 aliphatic rings. The van der Waals surface area contributed by atoms with Crippen molar-refractivity contribution >= 4 is 40.2 Å². The first-order chi connectivity index (χ1) is 9.97. The minimum atomic E-state index is -0.557. The van der Waals surface area contributed by atoms with E-state index >= 15 is 0 Å². The number of nitro benzene ring substituents is 1.